The molecule has 0 bridgehead atoms. The molecule has 0 amide bonds. The Labute approximate surface area is 110 Å². The summed E-state index contributed by atoms with van der Waals surface area (Å²) >= 11 is -0.137. The van der Waals surface area contributed by atoms with Gasteiger partial charge in [-0.3, -0.25) is 0 Å². The zero-order valence-corrected chi connectivity index (χ0v) is 10.4. The summed E-state index contributed by atoms with van der Waals surface area (Å²) in [4.78, 5) is 0. The molecule has 0 fully saturated rings. The maximum Gasteiger partial charge on any atom is 0.441 e. The summed E-state index contributed by atoms with van der Waals surface area (Å²) in [5.41, 5.74) is -4.41. The second-order valence-corrected chi connectivity index (χ2v) is 4.83. The zero-order valence-electron chi connectivity index (χ0n) is 9.61. The van der Waals surface area contributed by atoms with Crippen LogP contribution in [0.4, 0.5) is 26.3 Å². The van der Waals surface area contributed by atoms with Crippen molar-refractivity contribution in [1.82, 2.24) is 5.32 Å². The van der Waals surface area contributed by atoms with Crippen molar-refractivity contribution in [2.75, 3.05) is 12.3 Å². The fraction of sp³-hybridized carbons (Fsp3) is 0.455. The Hall–Kier alpha value is -0.890. The highest BCUT2D eigenvalue weighted by Crippen LogP contribution is 2.30. The van der Waals surface area contributed by atoms with E-state index >= 15 is 0 Å². The molecule has 19 heavy (non-hydrogen) atoms. The molecule has 108 valence electrons. The summed E-state index contributed by atoms with van der Waals surface area (Å²) in [6, 6.07) is 4.49. The molecule has 0 spiro atoms. The highest BCUT2D eigenvalue weighted by atomic mass is 32.2. The number of thioether (sulfide) groups is 1. The van der Waals surface area contributed by atoms with E-state index in [1.165, 1.54) is 12.1 Å². The predicted octanol–water partition coefficient (Wildman–Crippen LogP) is 4.05. The molecule has 1 aromatic carbocycles. The Balaban J connectivity index is 2.31. The van der Waals surface area contributed by atoms with Crippen LogP contribution in [-0.2, 0) is 12.7 Å². The first-order valence-electron chi connectivity index (χ1n) is 5.26. The fourth-order valence-electron chi connectivity index (χ4n) is 1.28. The number of hydrogen-bond acceptors (Lipinski definition) is 2. The molecule has 0 radical (unpaired) electrons. The molecule has 0 saturated heterocycles. The van der Waals surface area contributed by atoms with E-state index < -0.39 is 17.2 Å². The van der Waals surface area contributed by atoms with Gasteiger partial charge in [-0.2, -0.15) is 26.3 Å². The lowest BCUT2D eigenvalue weighted by atomic mass is 10.1. The van der Waals surface area contributed by atoms with Gasteiger partial charge in [-0.05, 0) is 29.5 Å². The van der Waals surface area contributed by atoms with E-state index in [9.17, 15) is 26.3 Å². The third-order valence-corrected chi connectivity index (χ3v) is 2.89. The van der Waals surface area contributed by atoms with Gasteiger partial charge in [0.1, 0.15) is 0 Å². The molecule has 0 aromatic heterocycles. The van der Waals surface area contributed by atoms with E-state index in [1.807, 2.05) is 0 Å². The van der Waals surface area contributed by atoms with Gasteiger partial charge in [0.15, 0.2) is 0 Å². The molecule has 1 rings (SSSR count). The molecule has 1 nitrogen and oxygen atoms in total. The van der Waals surface area contributed by atoms with Gasteiger partial charge in [-0.15, -0.1) is 0 Å². The minimum absolute atomic E-state index is 0.130. The minimum atomic E-state index is -4.38. The van der Waals surface area contributed by atoms with Gasteiger partial charge >= 0.3 is 11.7 Å². The Morgan fingerprint density at radius 2 is 1.53 bits per heavy atom. The SMILES string of the molecule is FC(F)(F)SCCNCc1ccc(C(F)(F)F)cc1. The molecule has 0 aliphatic carbocycles. The second kappa shape index (κ2) is 6.51. The second-order valence-electron chi connectivity index (χ2n) is 3.67. The van der Waals surface area contributed by atoms with E-state index in [2.05, 4.69) is 5.32 Å². The number of alkyl halides is 6. The third-order valence-electron chi connectivity index (χ3n) is 2.15. The van der Waals surface area contributed by atoms with Crippen LogP contribution < -0.4 is 5.32 Å². The molecule has 8 heteroatoms. The van der Waals surface area contributed by atoms with Crippen LogP contribution >= 0.6 is 11.8 Å². The molecule has 0 unspecified atom stereocenters. The van der Waals surface area contributed by atoms with E-state index in [4.69, 9.17) is 0 Å². The van der Waals surface area contributed by atoms with E-state index in [0.717, 1.165) is 12.1 Å². The average Bonchev–Trinajstić information content (AvgIpc) is 2.26. The van der Waals surface area contributed by atoms with Crippen molar-refractivity contribution in [2.24, 2.45) is 0 Å². The lowest BCUT2D eigenvalue weighted by Crippen LogP contribution is -2.18. The van der Waals surface area contributed by atoms with Crippen molar-refractivity contribution >= 4 is 11.8 Å². The molecular formula is C11H11F6NS. The first-order valence-corrected chi connectivity index (χ1v) is 6.24. The van der Waals surface area contributed by atoms with E-state index in [0.29, 0.717) is 5.56 Å². The Morgan fingerprint density at radius 3 is 2.00 bits per heavy atom. The van der Waals surface area contributed by atoms with Crippen molar-refractivity contribution < 1.29 is 26.3 Å². The van der Waals surface area contributed by atoms with E-state index in [-0.39, 0.29) is 30.6 Å². The summed E-state index contributed by atoms with van der Waals surface area (Å²) in [6.45, 7) is 0.363. The van der Waals surface area contributed by atoms with Gasteiger partial charge in [0.05, 0.1) is 5.56 Å². The summed E-state index contributed by atoms with van der Waals surface area (Å²) in [5, 5.41) is 2.73. The molecule has 1 N–H and O–H groups in total. The molecule has 0 heterocycles. The third kappa shape index (κ3) is 6.72. The van der Waals surface area contributed by atoms with Crippen molar-refractivity contribution in [3.63, 3.8) is 0 Å². The first-order chi connectivity index (χ1) is 8.68. The number of halogens is 6. The van der Waals surface area contributed by atoms with Crippen molar-refractivity contribution in [3.05, 3.63) is 35.4 Å². The zero-order chi connectivity index (χ0) is 14.5. The molecular weight excluding hydrogens is 292 g/mol. The lowest BCUT2D eigenvalue weighted by Gasteiger charge is -2.09. The Bertz CT molecular complexity index is 384. The number of rotatable bonds is 5. The number of hydrogen-bond donors (Lipinski definition) is 1. The Morgan fingerprint density at radius 1 is 0.947 bits per heavy atom. The van der Waals surface area contributed by atoms with Gasteiger partial charge in [0.25, 0.3) is 0 Å². The maximum absolute atomic E-state index is 12.3. The molecule has 0 saturated carbocycles. The van der Waals surface area contributed by atoms with E-state index in [1.54, 1.807) is 0 Å². The topological polar surface area (TPSA) is 12.0 Å². The molecule has 0 aliphatic rings. The quantitative estimate of drug-likeness (QED) is 0.650. The lowest BCUT2D eigenvalue weighted by molar-refractivity contribution is -0.137. The standard InChI is InChI=1S/C11H11F6NS/c12-10(13,14)9-3-1-8(2-4-9)7-18-5-6-19-11(15,16)17/h1-4,18H,5-7H2. The predicted molar refractivity (Wildman–Crippen MR) is 61.7 cm³/mol. The highest BCUT2D eigenvalue weighted by molar-refractivity contribution is 8.00. The van der Waals surface area contributed by atoms with Gasteiger partial charge in [0.2, 0.25) is 0 Å². The maximum atomic E-state index is 12.3. The van der Waals surface area contributed by atoms with Crippen LogP contribution in [0.25, 0.3) is 0 Å². The van der Waals surface area contributed by atoms with Crippen LogP contribution in [0.15, 0.2) is 24.3 Å². The molecule has 0 aliphatic heterocycles. The summed E-state index contributed by atoms with van der Waals surface area (Å²) in [5.74, 6) is -0.135. The summed E-state index contributed by atoms with van der Waals surface area (Å²) in [6.07, 6.45) is -4.38. The normalized spacial score (nSPS) is 12.7. The molecule has 0 atom stereocenters. The Kier molecular flexibility index (Phi) is 5.54. The fourth-order valence-corrected chi connectivity index (χ4v) is 1.76. The van der Waals surface area contributed by atoms with Gasteiger partial charge in [-0.1, -0.05) is 12.1 Å². The first kappa shape index (κ1) is 16.2. The van der Waals surface area contributed by atoms with Gasteiger partial charge < -0.3 is 5.32 Å². The minimum Gasteiger partial charge on any atom is -0.312 e. The van der Waals surface area contributed by atoms with Crippen molar-refractivity contribution in [1.29, 1.82) is 0 Å². The van der Waals surface area contributed by atoms with Gasteiger partial charge in [0, 0.05) is 18.8 Å². The summed E-state index contributed by atoms with van der Waals surface area (Å²) in [7, 11) is 0. The monoisotopic (exact) mass is 303 g/mol. The van der Waals surface area contributed by atoms with Crippen LogP contribution in [0, 0.1) is 0 Å². The smallest absolute Gasteiger partial charge is 0.312 e. The van der Waals surface area contributed by atoms with Crippen LogP contribution in [0.1, 0.15) is 11.1 Å². The largest absolute Gasteiger partial charge is 0.441 e. The van der Waals surface area contributed by atoms with Crippen molar-refractivity contribution in [2.45, 2.75) is 18.2 Å². The number of nitrogens with one attached hydrogen (secondary N) is 1. The number of benzene rings is 1. The highest BCUT2D eigenvalue weighted by Gasteiger charge is 2.30. The van der Waals surface area contributed by atoms with Gasteiger partial charge in [-0.25, -0.2) is 0 Å². The van der Waals surface area contributed by atoms with Crippen LogP contribution in [0.3, 0.4) is 0 Å². The van der Waals surface area contributed by atoms with Crippen LogP contribution in [0.2, 0.25) is 0 Å². The molecule has 1 aromatic rings. The van der Waals surface area contributed by atoms with Crippen LogP contribution in [-0.4, -0.2) is 17.8 Å². The average molecular weight is 303 g/mol. The summed E-state index contributed by atoms with van der Waals surface area (Å²) < 4.78 is 72.1. The van der Waals surface area contributed by atoms with Crippen molar-refractivity contribution in [3.8, 4) is 0 Å². The van der Waals surface area contributed by atoms with Crippen LogP contribution in [0.5, 0.6) is 0 Å².